The molecule has 4 heterocycles. The van der Waals surface area contributed by atoms with Crippen LogP contribution in [0.4, 0.5) is 11.4 Å². The summed E-state index contributed by atoms with van der Waals surface area (Å²) < 4.78 is 3.95. The van der Waals surface area contributed by atoms with Gasteiger partial charge in [0.2, 0.25) is 5.91 Å². The molecule has 1 saturated heterocycles. The van der Waals surface area contributed by atoms with E-state index in [-0.39, 0.29) is 18.0 Å². The lowest BCUT2D eigenvalue weighted by Crippen LogP contribution is -2.29. The van der Waals surface area contributed by atoms with Gasteiger partial charge in [0.1, 0.15) is 12.7 Å². The van der Waals surface area contributed by atoms with Crippen LogP contribution < -0.4 is 15.5 Å². The van der Waals surface area contributed by atoms with Gasteiger partial charge in [0.25, 0.3) is 0 Å². The van der Waals surface area contributed by atoms with E-state index in [1.54, 1.807) is 18.9 Å². The number of amides is 1. The standard InChI is InChI=1S/C26H28N8OS/c1-5-23(35)30-21-10-9-19(12-16(21)2)33-25(24(31-26(33)36)22-8-6-7-11-27-22)20-13-17(3)34(18(20)4)32-14-28-29-15-32/h6-15,24-25H,5H2,1-4H3,(H,30,35)(H,31,36)/t24-,25+/m0/s1. The average molecular weight is 501 g/mol. The molecule has 0 bridgehead atoms. The van der Waals surface area contributed by atoms with Crippen molar-refractivity contribution in [1.82, 2.24) is 29.9 Å². The number of nitrogens with one attached hydrogen (secondary N) is 2. The van der Waals surface area contributed by atoms with Crippen molar-refractivity contribution in [3.8, 4) is 0 Å². The van der Waals surface area contributed by atoms with Crippen molar-refractivity contribution in [2.75, 3.05) is 10.2 Å². The molecule has 0 aliphatic carbocycles. The Bertz CT molecular complexity index is 1410. The van der Waals surface area contributed by atoms with E-state index in [0.717, 1.165) is 39.6 Å². The van der Waals surface area contributed by atoms with Gasteiger partial charge in [-0.25, -0.2) is 4.68 Å². The maximum absolute atomic E-state index is 12.0. The molecule has 0 saturated carbocycles. The van der Waals surface area contributed by atoms with Gasteiger partial charge in [-0.15, -0.1) is 10.2 Å². The van der Waals surface area contributed by atoms with E-state index in [1.165, 1.54) is 0 Å². The Morgan fingerprint density at radius 1 is 1.11 bits per heavy atom. The predicted molar refractivity (Wildman–Crippen MR) is 143 cm³/mol. The average Bonchev–Trinajstić information content (AvgIpc) is 3.58. The molecule has 2 N–H and O–H groups in total. The SMILES string of the molecule is CCC(=O)Nc1ccc(N2C(=S)N[C@@H](c3ccccn3)[C@H]2c2cc(C)n(-n3cnnc3)c2C)cc1C. The quantitative estimate of drug-likeness (QED) is 0.383. The van der Waals surface area contributed by atoms with Crippen LogP contribution in [0.3, 0.4) is 0 Å². The van der Waals surface area contributed by atoms with Crippen molar-refractivity contribution in [3.63, 3.8) is 0 Å². The van der Waals surface area contributed by atoms with Gasteiger partial charge in [-0.2, -0.15) is 0 Å². The van der Waals surface area contributed by atoms with E-state index in [0.29, 0.717) is 11.5 Å². The van der Waals surface area contributed by atoms with Crippen LogP contribution in [-0.4, -0.2) is 35.6 Å². The highest BCUT2D eigenvalue weighted by Gasteiger charge is 2.42. The van der Waals surface area contributed by atoms with Crippen molar-refractivity contribution < 1.29 is 4.79 Å². The number of thiocarbonyl (C=S) groups is 1. The first-order valence-electron chi connectivity index (χ1n) is 11.8. The third-order valence-corrected chi connectivity index (χ3v) is 6.89. The van der Waals surface area contributed by atoms with E-state index in [2.05, 4.69) is 61.4 Å². The summed E-state index contributed by atoms with van der Waals surface area (Å²) >= 11 is 5.89. The van der Waals surface area contributed by atoms with E-state index >= 15 is 0 Å². The second-order valence-corrected chi connectivity index (χ2v) is 9.26. The number of nitrogens with zero attached hydrogens (tertiary/aromatic N) is 6. The molecule has 0 spiro atoms. The number of carbonyl (C=O) groups is 1. The van der Waals surface area contributed by atoms with Gasteiger partial charge in [-0.3, -0.25) is 14.5 Å². The Balaban J connectivity index is 1.62. The topological polar surface area (TPSA) is 92.9 Å². The summed E-state index contributed by atoms with van der Waals surface area (Å²) in [5, 5.41) is 15.1. The minimum absolute atomic E-state index is 0.0151. The summed E-state index contributed by atoms with van der Waals surface area (Å²) in [6, 6.07) is 13.8. The Morgan fingerprint density at radius 3 is 2.56 bits per heavy atom. The molecule has 10 heteroatoms. The van der Waals surface area contributed by atoms with Crippen LogP contribution in [0, 0.1) is 20.8 Å². The van der Waals surface area contributed by atoms with Gasteiger partial charge in [0.15, 0.2) is 5.11 Å². The van der Waals surface area contributed by atoms with E-state index in [1.807, 2.05) is 48.9 Å². The fraction of sp³-hybridized carbons (Fsp3) is 0.269. The maximum Gasteiger partial charge on any atom is 0.224 e. The first-order chi connectivity index (χ1) is 17.4. The van der Waals surface area contributed by atoms with Crippen LogP contribution >= 0.6 is 12.2 Å². The van der Waals surface area contributed by atoms with E-state index < -0.39 is 0 Å². The van der Waals surface area contributed by atoms with Crippen molar-refractivity contribution in [3.05, 3.63) is 89.5 Å². The largest absolute Gasteiger partial charge is 0.351 e. The van der Waals surface area contributed by atoms with Crippen LogP contribution in [-0.2, 0) is 4.79 Å². The van der Waals surface area contributed by atoms with Crippen LogP contribution in [0.5, 0.6) is 0 Å². The normalized spacial score (nSPS) is 17.3. The molecule has 3 aromatic heterocycles. The molecule has 184 valence electrons. The Morgan fingerprint density at radius 2 is 1.89 bits per heavy atom. The summed E-state index contributed by atoms with van der Waals surface area (Å²) in [5.74, 6) is -0.0151. The molecular weight excluding hydrogens is 472 g/mol. The molecule has 0 unspecified atom stereocenters. The molecule has 4 aromatic rings. The van der Waals surface area contributed by atoms with Gasteiger partial charge >= 0.3 is 0 Å². The molecule has 1 aliphatic rings. The van der Waals surface area contributed by atoms with Crippen molar-refractivity contribution in [2.24, 2.45) is 0 Å². The number of carbonyl (C=O) groups excluding carboxylic acids is 1. The van der Waals surface area contributed by atoms with Crippen molar-refractivity contribution in [1.29, 1.82) is 0 Å². The zero-order chi connectivity index (χ0) is 25.4. The zero-order valence-electron chi connectivity index (χ0n) is 20.6. The zero-order valence-corrected chi connectivity index (χ0v) is 21.5. The second kappa shape index (κ2) is 9.54. The minimum Gasteiger partial charge on any atom is -0.351 e. The molecule has 0 radical (unpaired) electrons. The van der Waals surface area contributed by atoms with Gasteiger partial charge in [0, 0.05) is 40.9 Å². The van der Waals surface area contributed by atoms with Gasteiger partial charge in [-0.05, 0) is 75.0 Å². The Hall–Kier alpha value is -4.05. The lowest BCUT2D eigenvalue weighted by Gasteiger charge is -2.28. The van der Waals surface area contributed by atoms with E-state index in [9.17, 15) is 4.79 Å². The first kappa shape index (κ1) is 23.7. The molecule has 9 nitrogen and oxygen atoms in total. The second-order valence-electron chi connectivity index (χ2n) is 8.88. The molecular formula is C26H28N8OS. The van der Waals surface area contributed by atoms with Gasteiger partial charge < -0.3 is 15.5 Å². The summed E-state index contributed by atoms with van der Waals surface area (Å²) in [4.78, 5) is 18.8. The number of hydrogen-bond acceptors (Lipinski definition) is 5. The van der Waals surface area contributed by atoms with Crippen LogP contribution in [0.1, 0.15) is 53.6 Å². The monoisotopic (exact) mass is 500 g/mol. The number of rotatable bonds is 6. The predicted octanol–water partition coefficient (Wildman–Crippen LogP) is 4.24. The van der Waals surface area contributed by atoms with Gasteiger partial charge in [-0.1, -0.05) is 13.0 Å². The number of anilines is 2. The fourth-order valence-corrected chi connectivity index (χ4v) is 5.20. The maximum atomic E-state index is 12.0. The van der Waals surface area contributed by atoms with Gasteiger partial charge in [0.05, 0.1) is 17.8 Å². The first-order valence-corrected chi connectivity index (χ1v) is 12.2. The van der Waals surface area contributed by atoms with Crippen LogP contribution in [0.25, 0.3) is 0 Å². The van der Waals surface area contributed by atoms with Crippen molar-refractivity contribution in [2.45, 2.75) is 46.2 Å². The van der Waals surface area contributed by atoms with E-state index in [4.69, 9.17) is 12.2 Å². The molecule has 1 amide bonds. The lowest BCUT2D eigenvalue weighted by molar-refractivity contribution is -0.115. The molecule has 5 rings (SSSR count). The number of benzene rings is 1. The molecule has 36 heavy (non-hydrogen) atoms. The lowest BCUT2D eigenvalue weighted by atomic mass is 9.96. The summed E-state index contributed by atoms with van der Waals surface area (Å²) in [7, 11) is 0. The summed E-state index contributed by atoms with van der Waals surface area (Å²) in [5.41, 5.74) is 6.83. The highest BCUT2D eigenvalue weighted by Crippen LogP contribution is 2.43. The third-order valence-electron chi connectivity index (χ3n) is 6.57. The molecule has 1 fully saturated rings. The van der Waals surface area contributed by atoms with Crippen LogP contribution in [0.2, 0.25) is 0 Å². The molecule has 2 atom stereocenters. The highest BCUT2D eigenvalue weighted by molar-refractivity contribution is 7.80. The Labute approximate surface area is 215 Å². The molecule has 1 aliphatic heterocycles. The summed E-state index contributed by atoms with van der Waals surface area (Å²) in [6.45, 7) is 7.98. The van der Waals surface area contributed by atoms with Crippen molar-refractivity contribution >= 4 is 34.6 Å². The number of aromatic nitrogens is 5. The Kier molecular flexibility index (Phi) is 6.27. The summed E-state index contributed by atoms with van der Waals surface area (Å²) in [6.07, 6.45) is 5.59. The third kappa shape index (κ3) is 4.13. The number of pyridine rings is 1. The number of aryl methyl sites for hydroxylation is 2. The fourth-order valence-electron chi connectivity index (χ4n) is 4.86. The highest BCUT2D eigenvalue weighted by atomic mass is 32.1. The number of hydrogen-bond donors (Lipinski definition) is 2. The smallest absolute Gasteiger partial charge is 0.224 e. The molecule has 1 aromatic carbocycles. The minimum atomic E-state index is -0.159. The van der Waals surface area contributed by atoms with Crippen LogP contribution in [0.15, 0.2) is 61.3 Å².